The van der Waals surface area contributed by atoms with Crippen molar-refractivity contribution in [1.29, 1.82) is 0 Å². The van der Waals surface area contributed by atoms with Gasteiger partial charge >= 0.3 is 19.7 Å². The van der Waals surface area contributed by atoms with E-state index in [0.717, 1.165) is 83.5 Å². The first-order valence-corrected chi connectivity index (χ1v) is 35.5. The van der Waals surface area contributed by atoms with Crippen LogP contribution >= 0.6 is 7.82 Å². The first-order chi connectivity index (χ1) is 43.5. The van der Waals surface area contributed by atoms with Crippen molar-refractivity contribution in [1.82, 2.24) is 5.32 Å². The van der Waals surface area contributed by atoms with Gasteiger partial charge in [-0.1, -0.05) is 291 Å². The average Bonchev–Trinajstić information content (AvgIpc) is 1.04. The van der Waals surface area contributed by atoms with Gasteiger partial charge in [-0.3, -0.25) is 9.32 Å². The van der Waals surface area contributed by atoms with Crippen LogP contribution in [0.4, 0.5) is 8.78 Å². The van der Waals surface area contributed by atoms with Gasteiger partial charge in [-0.05, 0) is 61.1 Å². The highest BCUT2D eigenvalue weighted by Crippen LogP contribution is 2.53. The first-order valence-electron chi connectivity index (χ1n) is 34.7. The third kappa shape index (κ3) is 29.1. The molecule has 492 valence electrons. The number of hydrogen-bond acceptors (Lipinski definition) is 11. The summed E-state index contributed by atoms with van der Waals surface area (Å²) < 4.78 is 108. The highest BCUT2D eigenvalue weighted by molar-refractivity contribution is 7.49. The molecule has 0 spiro atoms. The van der Waals surface area contributed by atoms with E-state index >= 15 is 18.1 Å². The van der Waals surface area contributed by atoms with Gasteiger partial charge in [0, 0.05) is 26.7 Å². The summed E-state index contributed by atoms with van der Waals surface area (Å²) in [7, 11) is -5.45. The van der Waals surface area contributed by atoms with Crippen LogP contribution in [-0.4, -0.2) is 81.3 Å². The Balaban J connectivity index is 1.52. The number of methoxy groups -OCH3 is 1. The number of alkyl halides is 2. The number of ether oxygens (including phenoxy) is 5. The monoisotopic (exact) mass is 1250 g/mol. The van der Waals surface area contributed by atoms with Crippen LogP contribution in [0.25, 0.3) is 0 Å². The van der Waals surface area contributed by atoms with Crippen LogP contribution in [0.5, 0.6) is 11.5 Å². The molecule has 0 radical (unpaired) electrons. The van der Waals surface area contributed by atoms with Gasteiger partial charge in [0.25, 0.3) is 5.91 Å². The molecule has 5 rings (SSSR count). The predicted octanol–water partition coefficient (Wildman–Crippen LogP) is 19.8. The van der Waals surface area contributed by atoms with Crippen molar-refractivity contribution in [3.05, 3.63) is 132 Å². The molecule has 88 heavy (non-hydrogen) atoms. The van der Waals surface area contributed by atoms with Crippen molar-refractivity contribution in [3.8, 4) is 11.5 Å². The third-order valence-electron chi connectivity index (χ3n) is 16.5. The van der Waals surface area contributed by atoms with E-state index in [1.165, 1.54) is 96.3 Å². The lowest BCUT2D eigenvalue weighted by molar-refractivity contribution is -0.220. The van der Waals surface area contributed by atoms with Gasteiger partial charge in [0.1, 0.15) is 29.8 Å². The zero-order valence-corrected chi connectivity index (χ0v) is 54.6. The summed E-state index contributed by atoms with van der Waals surface area (Å²) in [5.41, 5.74) is 1.23. The van der Waals surface area contributed by atoms with E-state index in [-0.39, 0.29) is 30.6 Å². The first kappa shape index (κ1) is 72.4. The van der Waals surface area contributed by atoms with Crippen molar-refractivity contribution in [2.24, 2.45) is 0 Å². The van der Waals surface area contributed by atoms with Crippen molar-refractivity contribution < 1.29 is 61.6 Å². The summed E-state index contributed by atoms with van der Waals surface area (Å²) in [6.45, 7) is 6.69. The molecule has 4 aromatic rings. The molecule has 1 amide bonds. The molecule has 4 aromatic carbocycles. The zero-order chi connectivity index (χ0) is 63.5. The Labute approximate surface area is 530 Å². The summed E-state index contributed by atoms with van der Waals surface area (Å²) >= 11 is 0. The summed E-state index contributed by atoms with van der Waals surface area (Å²) in [6, 6.07) is 32.9. The van der Waals surface area contributed by atoms with Crippen LogP contribution < -0.4 is 14.4 Å². The van der Waals surface area contributed by atoms with Gasteiger partial charge in [0.05, 0.1) is 20.1 Å². The van der Waals surface area contributed by atoms with Crippen LogP contribution in [0.2, 0.25) is 0 Å². The van der Waals surface area contributed by atoms with Crippen molar-refractivity contribution in [2.45, 2.75) is 275 Å². The topological polar surface area (TPSA) is 137 Å². The number of phosphoric ester groups is 1. The maximum atomic E-state index is 16.7. The highest BCUT2D eigenvalue weighted by atomic mass is 31.2. The minimum Gasteiger partial charge on any atom is -0.451 e. The summed E-state index contributed by atoms with van der Waals surface area (Å²) in [5, 5.41) is 2.55. The van der Waals surface area contributed by atoms with Crippen LogP contribution in [-0.2, 0) is 42.4 Å². The molecule has 0 saturated carbocycles. The van der Waals surface area contributed by atoms with Crippen molar-refractivity contribution in [2.75, 3.05) is 26.9 Å². The van der Waals surface area contributed by atoms with Gasteiger partial charge in [0.15, 0.2) is 12.2 Å². The Hall–Kier alpha value is -4.69. The normalized spacial score (nSPS) is 17.6. The Bertz CT molecular complexity index is 2370. The van der Waals surface area contributed by atoms with Crippen LogP contribution in [0.3, 0.4) is 0 Å². The number of carbonyl (C=O) groups is 2. The number of unbranched alkanes of at least 4 members (excludes halogenated alkanes) is 26. The number of nitrogens with one attached hydrogen (secondary N) is 1. The molecule has 1 fully saturated rings. The van der Waals surface area contributed by atoms with Crippen LogP contribution in [0, 0.1) is 0 Å². The highest BCUT2D eigenvalue weighted by Gasteiger charge is 2.56. The lowest BCUT2D eigenvalue weighted by atomic mass is 9.91. The average molecular weight is 1250 g/mol. The number of carbonyl (C=O) groups excluding carboxylic acids is 2. The Morgan fingerprint density at radius 2 is 0.989 bits per heavy atom. The summed E-state index contributed by atoms with van der Waals surface area (Å²) in [5.74, 6) is -6.33. The number of esters is 1. The molecule has 0 aliphatic carbocycles. The molecule has 1 saturated heterocycles. The molecule has 1 heterocycles. The Kier molecular flexibility index (Phi) is 36.8. The summed E-state index contributed by atoms with van der Waals surface area (Å²) in [6.07, 6.45) is 24.1. The lowest BCUT2D eigenvalue weighted by Gasteiger charge is -2.46. The molecule has 12 nitrogen and oxygen atoms in total. The Morgan fingerprint density at radius 1 is 0.557 bits per heavy atom. The number of para-hydroxylation sites is 2. The molecule has 0 bridgehead atoms. The maximum Gasteiger partial charge on any atom is 0.588 e. The molecule has 0 aromatic heterocycles. The fourth-order valence-electron chi connectivity index (χ4n) is 11.4. The van der Waals surface area contributed by atoms with Gasteiger partial charge in [-0.25, -0.2) is 9.36 Å². The number of phosphoric acid groups is 1. The molecule has 1 N–H and O–H groups in total. The zero-order valence-electron chi connectivity index (χ0n) is 54.7. The fraction of sp³-hybridized carbons (Fsp3) is 0.644. The number of rotatable bonds is 51. The molecule has 15 heteroatoms. The van der Waals surface area contributed by atoms with E-state index in [1.807, 2.05) is 36.4 Å². The second-order valence-corrected chi connectivity index (χ2v) is 25.5. The maximum absolute atomic E-state index is 16.7. The number of benzene rings is 4. The van der Waals surface area contributed by atoms with E-state index in [2.05, 4.69) is 26.1 Å². The van der Waals surface area contributed by atoms with Crippen LogP contribution in [0.15, 0.2) is 121 Å². The van der Waals surface area contributed by atoms with Crippen LogP contribution in [0.1, 0.15) is 245 Å². The number of halogens is 2. The Morgan fingerprint density at radius 3 is 1.45 bits per heavy atom. The standard InChI is InChI=1S/C73H110F2NO11P/c1-5-8-11-14-17-20-23-26-29-44-56-73(74,75)72(78)76-66-69(82-58-55-62(50-39-28-25-22-19-16-13-10-7-3)81-57-45-30-27-24-21-18-15-12-9-6-2)68(87-88(79,85-63-51-40-33-41-52-63)86-64-53-42-34-43-54-64)65(59-80-4)83-70(66)71(77)84-67(60-46-35-31-36-47-60)61-48-37-32-38-49-61/h31-38,40-43,46-49,51-54,62,65-70H,5-30,39,44-45,50,55-59H2,1-4H3,(H,76,78)/t62-,65-,66-,68-,69-,70+/m1/s1/i4D. The SMILES string of the molecule is [2H]COC[C@H]1O[C@H](C(=O)OC(c2ccccc2)c2ccccc2)[C@H](NC(=O)C(F)(F)CCCCCCCCCCCC)[C@@H](OCC[C@@H](CCCCCCCCCCC)OCCCCCCCCCCCC)[C@@H]1OP(=O)(Oc1ccccc1)Oc1ccccc1. The predicted molar refractivity (Wildman–Crippen MR) is 349 cm³/mol. The molecular weight excluding hydrogens is 1140 g/mol. The van der Waals surface area contributed by atoms with Gasteiger partial charge in [0.2, 0.25) is 0 Å². The second kappa shape index (κ2) is 44.7. The molecular formula is C73H110F2NO11P. The van der Waals surface area contributed by atoms with Crippen molar-refractivity contribution >= 4 is 19.7 Å². The second-order valence-electron chi connectivity index (χ2n) is 24.0. The third-order valence-corrected chi connectivity index (χ3v) is 17.9. The quantitative estimate of drug-likeness (QED) is 0.0257. The summed E-state index contributed by atoms with van der Waals surface area (Å²) in [4.78, 5) is 29.9. The molecule has 6 atom stereocenters. The van der Waals surface area contributed by atoms with E-state index < -0.39 is 82.3 Å². The molecule has 1 aliphatic rings. The van der Waals surface area contributed by atoms with Gasteiger partial charge < -0.3 is 38.0 Å². The van der Waals surface area contributed by atoms with Gasteiger partial charge in [-0.2, -0.15) is 8.78 Å². The van der Waals surface area contributed by atoms with E-state index in [0.29, 0.717) is 30.6 Å². The fourth-order valence-corrected chi connectivity index (χ4v) is 12.9. The van der Waals surface area contributed by atoms with Gasteiger partial charge in [-0.15, -0.1) is 0 Å². The minimum absolute atomic E-state index is 0.0696. The lowest BCUT2D eigenvalue weighted by Crippen LogP contribution is -2.68. The van der Waals surface area contributed by atoms with E-state index in [4.69, 9.17) is 38.6 Å². The van der Waals surface area contributed by atoms with E-state index in [9.17, 15) is 4.79 Å². The van der Waals surface area contributed by atoms with E-state index in [1.54, 1.807) is 84.9 Å². The number of amides is 1. The minimum atomic E-state index is -4.90. The smallest absolute Gasteiger partial charge is 0.451 e. The molecule has 1 aliphatic heterocycles. The van der Waals surface area contributed by atoms with Crippen molar-refractivity contribution in [3.63, 3.8) is 0 Å². The number of hydrogen-bond donors (Lipinski definition) is 1. The molecule has 0 unspecified atom stereocenters. The largest absolute Gasteiger partial charge is 0.588 e.